The van der Waals surface area contributed by atoms with Gasteiger partial charge in [-0.1, -0.05) is 36.9 Å². The number of aromatic nitrogens is 2. The molecule has 178 valence electrons. The second-order valence-electron chi connectivity index (χ2n) is 8.07. The zero-order valence-electron chi connectivity index (χ0n) is 19.3. The van der Waals surface area contributed by atoms with Crippen molar-refractivity contribution in [3.63, 3.8) is 0 Å². The second kappa shape index (κ2) is 10.8. The molecule has 1 saturated heterocycles. The highest BCUT2D eigenvalue weighted by molar-refractivity contribution is 7.98. The van der Waals surface area contributed by atoms with E-state index in [1.54, 1.807) is 27.8 Å². The number of hydrogen-bond donors (Lipinski definition) is 1. The first-order valence-corrected chi connectivity index (χ1v) is 12.5. The van der Waals surface area contributed by atoms with Gasteiger partial charge in [-0.25, -0.2) is 9.37 Å². The highest BCUT2D eigenvalue weighted by Gasteiger charge is 2.27. The van der Waals surface area contributed by atoms with Gasteiger partial charge in [0.15, 0.2) is 5.16 Å². The van der Waals surface area contributed by atoms with Crippen LogP contribution in [0.1, 0.15) is 23.0 Å². The second-order valence-corrected chi connectivity index (χ2v) is 8.84. The fraction of sp³-hybridized carbons (Fsp3) is 0.320. The van der Waals surface area contributed by atoms with Crippen molar-refractivity contribution in [2.45, 2.75) is 18.5 Å². The van der Waals surface area contributed by atoms with E-state index in [0.717, 1.165) is 17.7 Å². The molecule has 0 saturated carbocycles. The molecule has 1 aromatic heterocycles. The molecule has 9 heteroatoms. The molecule has 0 spiro atoms. The molecule has 2 amide bonds. The van der Waals surface area contributed by atoms with Gasteiger partial charge >= 0.3 is 0 Å². The number of amides is 2. The summed E-state index contributed by atoms with van der Waals surface area (Å²) < 4.78 is 15.2. The molecule has 1 aliphatic rings. The standard InChI is InChI=1S/C25H28FN5O2S/c1-3-18-6-4-5-7-21(18)28-23(32)17-29-12-14-30(15-13-29)24(33)22-16-27-25(34-2)31(22)20-10-8-19(26)9-11-20/h4-11,16H,3,12-15,17H2,1-2H3,(H,28,32). The Hall–Kier alpha value is -3.17. The molecule has 7 nitrogen and oxygen atoms in total. The number of rotatable bonds is 7. The van der Waals surface area contributed by atoms with Crippen LogP contribution in [-0.4, -0.2) is 70.1 Å². The van der Waals surface area contributed by atoms with Crippen molar-refractivity contribution in [2.75, 3.05) is 44.3 Å². The Labute approximate surface area is 203 Å². The summed E-state index contributed by atoms with van der Waals surface area (Å²) in [5, 5.41) is 3.67. The van der Waals surface area contributed by atoms with Crippen LogP contribution < -0.4 is 5.32 Å². The van der Waals surface area contributed by atoms with E-state index in [2.05, 4.69) is 22.1 Å². The Morgan fingerprint density at radius 2 is 1.76 bits per heavy atom. The number of halogens is 1. The van der Waals surface area contributed by atoms with E-state index in [9.17, 15) is 14.0 Å². The smallest absolute Gasteiger partial charge is 0.272 e. The number of thioether (sulfide) groups is 1. The van der Waals surface area contributed by atoms with Crippen molar-refractivity contribution in [3.8, 4) is 5.69 Å². The topological polar surface area (TPSA) is 70.5 Å². The maximum absolute atomic E-state index is 13.4. The van der Waals surface area contributed by atoms with E-state index in [1.807, 2.05) is 30.5 Å². The average molecular weight is 482 g/mol. The molecule has 4 rings (SSSR count). The van der Waals surface area contributed by atoms with E-state index in [0.29, 0.717) is 42.7 Å². The van der Waals surface area contributed by atoms with Crippen LogP contribution >= 0.6 is 11.8 Å². The molecule has 2 aromatic carbocycles. The molecule has 0 unspecified atom stereocenters. The van der Waals surface area contributed by atoms with Gasteiger partial charge in [0.1, 0.15) is 11.5 Å². The molecular formula is C25H28FN5O2S. The summed E-state index contributed by atoms with van der Waals surface area (Å²) in [6.07, 6.45) is 4.31. The number of hydrogen-bond acceptors (Lipinski definition) is 5. The lowest BCUT2D eigenvalue weighted by molar-refractivity contribution is -0.117. The van der Waals surface area contributed by atoms with E-state index in [-0.39, 0.29) is 24.2 Å². The SMILES string of the molecule is CCc1ccccc1NC(=O)CN1CCN(C(=O)c2cnc(SC)n2-c2ccc(F)cc2)CC1. The predicted molar refractivity (Wildman–Crippen MR) is 132 cm³/mol. The highest BCUT2D eigenvalue weighted by Crippen LogP contribution is 2.23. The summed E-state index contributed by atoms with van der Waals surface area (Å²) in [5.41, 5.74) is 3.09. The highest BCUT2D eigenvalue weighted by atomic mass is 32.2. The minimum Gasteiger partial charge on any atom is -0.335 e. The molecule has 0 bridgehead atoms. The predicted octanol–water partition coefficient (Wildman–Crippen LogP) is 3.69. The molecule has 2 heterocycles. The van der Waals surface area contributed by atoms with Crippen LogP contribution in [0.4, 0.5) is 10.1 Å². The maximum atomic E-state index is 13.4. The lowest BCUT2D eigenvalue weighted by Gasteiger charge is -2.34. The molecule has 1 N–H and O–H groups in total. The zero-order valence-corrected chi connectivity index (χ0v) is 20.1. The largest absolute Gasteiger partial charge is 0.335 e. The summed E-state index contributed by atoms with van der Waals surface area (Å²) >= 11 is 1.42. The summed E-state index contributed by atoms with van der Waals surface area (Å²) in [4.78, 5) is 34.1. The van der Waals surface area contributed by atoms with Gasteiger partial charge in [-0.2, -0.15) is 0 Å². The average Bonchev–Trinajstić information content (AvgIpc) is 3.29. The number of aryl methyl sites for hydroxylation is 1. The third-order valence-corrected chi connectivity index (χ3v) is 6.57. The molecule has 1 fully saturated rings. The fourth-order valence-electron chi connectivity index (χ4n) is 4.08. The van der Waals surface area contributed by atoms with Crippen molar-refractivity contribution < 1.29 is 14.0 Å². The first-order chi connectivity index (χ1) is 16.5. The van der Waals surface area contributed by atoms with Gasteiger partial charge in [0.05, 0.1) is 12.7 Å². The van der Waals surface area contributed by atoms with Gasteiger partial charge in [-0.15, -0.1) is 0 Å². The van der Waals surface area contributed by atoms with E-state index < -0.39 is 0 Å². The minimum atomic E-state index is -0.333. The maximum Gasteiger partial charge on any atom is 0.272 e. The number of imidazole rings is 1. The van der Waals surface area contributed by atoms with Crippen molar-refractivity contribution in [1.29, 1.82) is 0 Å². The molecule has 3 aromatic rings. The summed E-state index contributed by atoms with van der Waals surface area (Å²) in [6.45, 7) is 4.58. The third kappa shape index (κ3) is 5.31. The fourth-order valence-corrected chi connectivity index (χ4v) is 4.63. The van der Waals surface area contributed by atoms with Gasteiger partial charge in [-0.05, 0) is 48.6 Å². The number of anilines is 1. The van der Waals surface area contributed by atoms with E-state index in [4.69, 9.17) is 0 Å². The van der Waals surface area contributed by atoms with Crippen LogP contribution in [0.3, 0.4) is 0 Å². The van der Waals surface area contributed by atoms with Crippen LogP contribution in [0.25, 0.3) is 5.69 Å². The van der Waals surface area contributed by atoms with Crippen LogP contribution in [0.15, 0.2) is 59.9 Å². The molecule has 34 heavy (non-hydrogen) atoms. The zero-order chi connectivity index (χ0) is 24.1. The number of para-hydroxylation sites is 1. The monoisotopic (exact) mass is 481 g/mol. The molecule has 0 radical (unpaired) electrons. The van der Waals surface area contributed by atoms with Crippen LogP contribution in [0.2, 0.25) is 0 Å². The number of benzene rings is 2. The lowest BCUT2D eigenvalue weighted by Crippen LogP contribution is -2.50. The number of nitrogens with zero attached hydrogens (tertiary/aromatic N) is 4. The Bertz CT molecular complexity index is 1160. The Balaban J connectivity index is 1.38. The molecule has 0 aliphatic carbocycles. The van der Waals surface area contributed by atoms with E-state index in [1.165, 1.54) is 23.9 Å². The van der Waals surface area contributed by atoms with Gasteiger partial charge in [-0.3, -0.25) is 19.1 Å². The Morgan fingerprint density at radius 3 is 2.44 bits per heavy atom. The van der Waals surface area contributed by atoms with Crippen molar-refractivity contribution in [2.24, 2.45) is 0 Å². The molecule has 0 atom stereocenters. The van der Waals surface area contributed by atoms with Gasteiger partial charge in [0.25, 0.3) is 5.91 Å². The van der Waals surface area contributed by atoms with Crippen LogP contribution in [0, 0.1) is 5.82 Å². The molecular weight excluding hydrogens is 453 g/mol. The van der Waals surface area contributed by atoms with Crippen molar-refractivity contribution in [3.05, 3.63) is 71.8 Å². The summed E-state index contributed by atoms with van der Waals surface area (Å²) in [6, 6.07) is 13.8. The van der Waals surface area contributed by atoms with Gasteiger partial charge < -0.3 is 10.2 Å². The Kier molecular flexibility index (Phi) is 7.64. The van der Waals surface area contributed by atoms with Crippen LogP contribution in [0.5, 0.6) is 0 Å². The van der Waals surface area contributed by atoms with Crippen molar-refractivity contribution >= 4 is 29.3 Å². The third-order valence-electron chi connectivity index (χ3n) is 5.92. The number of nitrogens with one attached hydrogen (secondary N) is 1. The summed E-state index contributed by atoms with van der Waals surface area (Å²) in [7, 11) is 0. The number of piperazine rings is 1. The van der Waals surface area contributed by atoms with Crippen molar-refractivity contribution in [1.82, 2.24) is 19.4 Å². The summed E-state index contributed by atoms with van der Waals surface area (Å²) in [5.74, 6) is -0.515. The Morgan fingerprint density at radius 1 is 1.06 bits per heavy atom. The number of carbonyl (C=O) groups excluding carboxylic acids is 2. The quantitative estimate of drug-likeness (QED) is 0.521. The number of carbonyl (C=O) groups is 2. The first-order valence-electron chi connectivity index (χ1n) is 11.3. The normalized spacial score (nSPS) is 14.3. The molecule has 1 aliphatic heterocycles. The van der Waals surface area contributed by atoms with E-state index >= 15 is 0 Å². The van der Waals surface area contributed by atoms with Gasteiger partial charge in [0.2, 0.25) is 5.91 Å². The minimum absolute atomic E-state index is 0.0559. The van der Waals surface area contributed by atoms with Crippen LogP contribution in [-0.2, 0) is 11.2 Å². The lowest BCUT2D eigenvalue weighted by atomic mass is 10.1. The first kappa shape index (κ1) is 24.0. The van der Waals surface area contributed by atoms with Gasteiger partial charge in [0, 0.05) is 37.6 Å².